The Kier molecular flexibility index (Phi) is 7.31. The van der Waals surface area contributed by atoms with E-state index < -0.39 is 11.7 Å². The molecule has 1 aromatic heterocycles. The van der Waals surface area contributed by atoms with Gasteiger partial charge >= 0.3 is 6.09 Å². The van der Waals surface area contributed by atoms with Crippen molar-refractivity contribution >= 4 is 12.0 Å². The highest BCUT2D eigenvalue weighted by Gasteiger charge is 2.26. The van der Waals surface area contributed by atoms with Crippen LogP contribution in [-0.2, 0) is 22.5 Å². The van der Waals surface area contributed by atoms with E-state index >= 15 is 0 Å². The summed E-state index contributed by atoms with van der Waals surface area (Å²) in [6.45, 7) is 5.59. The van der Waals surface area contributed by atoms with Gasteiger partial charge in [-0.05, 0) is 32.8 Å². The number of nitriles is 1. The summed E-state index contributed by atoms with van der Waals surface area (Å²) in [5, 5.41) is 15.4. The molecule has 154 valence electrons. The van der Waals surface area contributed by atoms with Crippen LogP contribution in [0.3, 0.4) is 0 Å². The minimum absolute atomic E-state index is 0.00409. The van der Waals surface area contributed by atoms with E-state index in [-0.39, 0.29) is 30.9 Å². The van der Waals surface area contributed by atoms with Crippen LogP contribution in [0.1, 0.15) is 32.2 Å². The van der Waals surface area contributed by atoms with Gasteiger partial charge < -0.3 is 15.0 Å². The average Bonchev–Trinajstić information content (AvgIpc) is 3.11. The molecular formula is C20H26N6O3. The Hall–Kier alpha value is -3.41. The van der Waals surface area contributed by atoms with Gasteiger partial charge in [0.1, 0.15) is 24.5 Å². The van der Waals surface area contributed by atoms with Crippen molar-refractivity contribution in [2.24, 2.45) is 0 Å². The van der Waals surface area contributed by atoms with Crippen LogP contribution in [0.15, 0.2) is 36.7 Å². The number of amides is 2. The molecule has 1 heterocycles. The fraction of sp³-hybridized carbons (Fsp3) is 0.450. The van der Waals surface area contributed by atoms with Crippen molar-refractivity contribution < 1.29 is 14.3 Å². The number of hydrogen-bond donors (Lipinski definition) is 1. The molecule has 0 aliphatic carbocycles. The summed E-state index contributed by atoms with van der Waals surface area (Å²) in [5.74, 6) is -0.292. The molecule has 1 atom stereocenters. The Labute approximate surface area is 170 Å². The Balaban J connectivity index is 2.03. The second-order valence-electron chi connectivity index (χ2n) is 7.62. The van der Waals surface area contributed by atoms with Crippen molar-refractivity contribution in [3.05, 3.63) is 48.0 Å². The first kappa shape index (κ1) is 21.9. The molecule has 0 spiro atoms. The maximum absolute atomic E-state index is 12.5. The molecule has 1 N–H and O–H groups in total. The average molecular weight is 398 g/mol. The molecule has 1 aromatic carbocycles. The van der Waals surface area contributed by atoms with Crippen LogP contribution < -0.4 is 5.32 Å². The van der Waals surface area contributed by atoms with Crippen LogP contribution in [-0.4, -0.2) is 56.9 Å². The van der Waals surface area contributed by atoms with Crippen LogP contribution in [0, 0.1) is 11.3 Å². The predicted octanol–water partition coefficient (Wildman–Crippen LogP) is 1.74. The number of ether oxygens (including phenoxy) is 1. The normalized spacial score (nSPS) is 12.0. The summed E-state index contributed by atoms with van der Waals surface area (Å²) in [6.07, 6.45) is 1.42. The highest BCUT2D eigenvalue weighted by Crippen LogP contribution is 2.13. The predicted molar refractivity (Wildman–Crippen MR) is 106 cm³/mol. The molecule has 2 amide bonds. The van der Waals surface area contributed by atoms with Gasteiger partial charge in [0, 0.05) is 13.6 Å². The van der Waals surface area contributed by atoms with E-state index in [0.717, 1.165) is 5.56 Å². The summed E-state index contributed by atoms with van der Waals surface area (Å²) in [6, 6.07) is 11.2. The third kappa shape index (κ3) is 7.25. The van der Waals surface area contributed by atoms with Crippen molar-refractivity contribution in [3.8, 4) is 6.07 Å². The number of likely N-dealkylation sites (N-methyl/N-ethyl adjacent to an activating group) is 1. The summed E-state index contributed by atoms with van der Waals surface area (Å²) >= 11 is 0. The largest absolute Gasteiger partial charge is 0.444 e. The fourth-order valence-corrected chi connectivity index (χ4v) is 2.57. The minimum Gasteiger partial charge on any atom is -0.444 e. The topological polar surface area (TPSA) is 113 Å². The zero-order valence-electron chi connectivity index (χ0n) is 17.1. The van der Waals surface area contributed by atoms with Gasteiger partial charge in [0.2, 0.25) is 5.91 Å². The van der Waals surface area contributed by atoms with Gasteiger partial charge in [0.25, 0.3) is 5.82 Å². The highest BCUT2D eigenvalue weighted by atomic mass is 16.6. The van der Waals surface area contributed by atoms with E-state index in [1.165, 1.54) is 15.9 Å². The Bertz CT molecular complexity index is 866. The summed E-state index contributed by atoms with van der Waals surface area (Å²) in [7, 11) is 1.66. The SMILES string of the molecule is CN(C(=O)OC(C)(C)C)C(CNC(=O)Cn1cnc(C#N)n1)Cc1ccccc1. The zero-order valence-corrected chi connectivity index (χ0v) is 17.1. The second-order valence-corrected chi connectivity index (χ2v) is 7.62. The molecule has 1 unspecified atom stereocenters. The summed E-state index contributed by atoms with van der Waals surface area (Å²) in [4.78, 5) is 30.0. The molecule has 2 aromatic rings. The van der Waals surface area contributed by atoms with Crippen LogP contribution in [0.2, 0.25) is 0 Å². The van der Waals surface area contributed by atoms with E-state index in [0.29, 0.717) is 6.42 Å². The molecule has 0 bridgehead atoms. The van der Waals surface area contributed by atoms with Gasteiger partial charge in [0.05, 0.1) is 6.04 Å². The maximum Gasteiger partial charge on any atom is 0.410 e. The van der Waals surface area contributed by atoms with E-state index in [1.54, 1.807) is 27.8 Å². The third-order valence-corrected chi connectivity index (χ3v) is 4.02. The van der Waals surface area contributed by atoms with E-state index in [4.69, 9.17) is 10.00 Å². The van der Waals surface area contributed by atoms with Gasteiger partial charge in [-0.25, -0.2) is 14.5 Å². The maximum atomic E-state index is 12.5. The molecule has 0 fully saturated rings. The molecule has 2 rings (SSSR count). The van der Waals surface area contributed by atoms with E-state index in [1.807, 2.05) is 36.4 Å². The molecular weight excluding hydrogens is 372 g/mol. The lowest BCUT2D eigenvalue weighted by Gasteiger charge is -2.31. The van der Waals surface area contributed by atoms with Crippen LogP contribution >= 0.6 is 0 Å². The molecule has 9 nitrogen and oxygen atoms in total. The highest BCUT2D eigenvalue weighted by molar-refractivity contribution is 5.75. The first-order valence-electron chi connectivity index (χ1n) is 9.24. The van der Waals surface area contributed by atoms with Crippen LogP contribution in [0.25, 0.3) is 0 Å². The van der Waals surface area contributed by atoms with Crippen LogP contribution in [0.4, 0.5) is 4.79 Å². The van der Waals surface area contributed by atoms with Crippen molar-refractivity contribution in [2.75, 3.05) is 13.6 Å². The number of carbonyl (C=O) groups excluding carboxylic acids is 2. The number of rotatable bonds is 7. The van der Waals surface area contributed by atoms with Gasteiger partial charge in [-0.15, -0.1) is 5.10 Å². The Morgan fingerprint density at radius 3 is 2.59 bits per heavy atom. The summed E-state index contributed by atoms with van der Waals surface area (Å²) < 4.78 is 6.75. The molecule has 29 heavy (non-hydrogen) atoms. The number of benzene rings is 1. The van der Waals surface area contributed by atoms with Crippen molar-refractivity contribution in [1.82, 2.24) is 25.0 Å². The van der Waals surface area contributed by atoms with Gasteiger partial charge in [-0.3, -0.25) is 4.79 Å². The van der Waals surface area contributed by atoms with Crippen molar-refractivity contribution in [2.45, 2.75) is 45.4 Å². The van der Waals surface area contributed by atoms with Gasteiger partial charge in [-0.1, -0.05) is 30.3 Å². The number of carbonyl (C=O) groups is 2. The molecule has 0 radical (unpaired) electrons. The third-order valence-electron chi connectivity index (χ3n) is 4.02. The van der Waals surface area contributed by atoms with Gasteiger partial charge in [-0.2, -0.15) is 5.26 Å². The first-order valence-corrected chi connectivity index (χ1v) is 9.24. The van der Waals surface area contributed by atoms with Crippen molar-refractivity contribution in [1.29, 1.82) is 5.26 Å². The number of aromatic nitrogens is 3. The number of nitrogens with one attached hydrogen (secondary N) is 1. The lowest BCUT2D eigenvalue weighted by Crippen LogP contribution is -2.48. The molecule has 0 saturated carbocycles. The smallest absolute Gasteiger partial charge is 0.410 e. The fourth-order valence-electron chi connectivity index (χ4n) is 2.57. The lowest BCUT2D eigenvalue weighted by atomic mass is 10.0. The van der Waals surface area contributed by atoms with Crippen molar-refractivity contribution in [3.63, 3.8) is 0 Å². The Morgan fingerprint density at radius 1 is 1.31 bits per heavy atom. The number of nitrogens with zero attached hydrogens (tertiary/aromatic N) is 5. The standard InChI is InChI=1S/C20H26N6O3/c1-20(2,3)29-19(28)25(4)16(10-15-8-6-5-7-9-15)12-22-18(27)13-26-14-23-17(11-21)24-26/h5-9,14,16H,10,12-13H2,1-4H3,(H,22,27). The van der Waals surface area contributed by atoms with E-state index in [2.05, 4.69) is 15.4 Å². The minimum atomic E-state index is -0.614. The molecule has 0 aliphatic heterocycles. The second kappa shape index (κ2) is 9.68. The van der Waals surface area contributed by atoms with Gasteiger partial charge in [0.15, 0.2) is 0 Å². The lowest BCUT2D eigenvalue weighted by molar-refractivity contribution is -0.122. The Morgan fingerprint density at radius 2 is 2.00 bits per heavy atom. The monoisotopic (exact) mass is 398 g/mol. The quantitative estimate of drug-likeness (QED) is 0.760. The first-order chi connectivity index (χ1) is 13.7. The number of hydrogen-bond acceptors (Lipinski definition) is 6. The molecule has 9 heteroatoms. The van der Waals surface area contributed by atoms with Crippen LogP contribution in [0.5, 0.6) is 0 Å². The molecule has 0 saturated heterocycles. The summed E-state index contributed by atoms with van der Waals surface area (Å²) in [5.41, 5.74) is 0.425. The zero-order chi connectivity index (χ0) is 21.4. The molecule has 0 aliphatic rings. The van der Waals surface area contributed by atoms with E-state index in [9.17, 15) is 9.59 Å².